The highest BCUT2D eigenvalue weighted by Crippen LogP contribution is 2.32. The lowest BCUT2D eigenvalue weighted by atomic mass is 10.2. The Morgan fingerprint density at radius 2 is 0.368 bits per heavy atom. The first-order valence-corrected chi connectivity index (χ1v) is 24.6. The van der Waals surface area contributed by atoms with Crippen molar-refractivity contribution in [1.82, 2.24) is 29.9 Å². The zero-order valence-electron chi connectivity index (χ0n) is 36.1. The van der Waals surface area contributed by atoms with Crippen LogP contribution < -0.4 is 22.7 Å². The SMILES string of the molecule is c1cnc2c([O][Al]([O]c3cccc4cccnc34)[O]c3cccc4cccnc34)cccc2c1.c1cnc2c([O][Al]([O]c3cccc4cccnc34)[O]c3cccc4cccnc34)cccc2c1. The van der Waals surface area contributed by atoms with Gasteiger partial charge in [0, 0.05) is 69.5 Å². The van der Waals surface area contributed by atoms with Gasteiger partial charge < -0.3 is 22.7 Å². The van der Waals surface area contributed by atoms with Crippen molar-refractivity contribution in [3.63, 3.8) is 0 Å². The van der Waals surface area contributed by atoms with E-state index in [1.54, 1.807) is 37.2 Å². The quantitative estimate of drug-likeness (QED) is 0.108. The lowest BCUT2D eigenvalue weighted by Crippen LogP contribution is -2.37. The summed E-state index contributed by atoms with van der Waals surface area (Å²) in [6, 6.07) is 58.2. The first-order valence-electron chi connectivity index (χ1n) is 21.7. The molecule has 0 saturated heterocycles. The molecule has 0 atom stereocenters. The van der Waals surface area contributed by atoms with Crippen LogP contribution in [-0.2, 0) is 0 Å². The maximum absolute atomic E-state index is 6.41. The fraction of sp³-hybridized carbons (Fsp3) is 0. The molecular formula is C54H36Al2N6O6. The number of para-hydroxylation sites is 6. The Labute approximate surface area is 399 Å². The van der Waals surface area contributed by atoms with E-state index in [0.29, 0.717) is 34.5 Å². The van der Waals surface area contributed by atoms with E-state index in [0.717, 1.165) is 65.4 Å². The highest BCUT2D eigenvalue weighted by Gasteiger charge is 2.47. The van der Waals surface area contributed by atoms with E-state index in [4.69, 9.17) is 22.7 Å². The van der Waals surface area contributed by atoms with Gasteiger partial charge in [-0.15, -0.1) is 0 Å². The molecule has 0 N–H and O–H groups in total. The monoisotopic (exact) mass is 918 g/mol. The zero-order chi connectivity index (χ0) is 45.5. The molecule has 0 aliphatic rings. The number of fused-ring (bicyclic) bond motifs is 6. The van der Waals surface area contributed by atoms with Crippen LogP contribution in [0.2, 0.25) is 0 Å². The number of hydrogen-bond donors (Lipinski definition) is 0. The molecule has 68 heavy (non-hydrogen) atoms. The van der Waals surface area contributed by atoms with Crippen LogP contribution in [0.1, 0.15) is 0 Å². The summed E-state index contributed by atoms with van der Waals surface area (Å²) in [7, 11) is 0. The van der Waals surface area contributed by atoms with Crippen LogP contribution in [0, 0.1) is 0 Å². The molecule has 12 nitrogen and oxygen atoms in total. The van der Waals surface area contributed by atoms with E-state index < -0.39 is 30.3 Å². The molecule has 324 valence electrons. The maximum Gasteiger partial charge on any atom is 1.20 e. The molecule has 14 heteroatoms. The third-order valence-electron chi connectivity index (χ3n) is 10.9. The maximum atomic E-state index is 6.41. The lowest BCUT2D eigenvalue weighted by molar-refractivity contribution is 0.310. The van der Waals surface area contributed by atoms with E-state index in [9.17, 15) is 0 Å². The third kappa shape index (κ3) is 9.22. The minimum Gasteiger partial charge on any atom is -0.576 e. The normalized spacial score (nSPS) is 10.9. The first kappa shape index (κ1) is 42.3. The third-order valence-corrected chi connectivity index (χ3v) is 13.6. The van der Waals surface area contributed by atoms with Crippen molar-refractivity contribution in [3.8, 4) is 34.5 Å². The Kier molecular flexibility index (Phi) is 12.2. The molecule has 12 rings (SSSR count). The Morgan fingerprint density at radius 1 is 0.206 bits per heavy atom. The number of pyridine rings is 6. The van der Waals surface area contributed by atoms with Crippen molar-refractivity contribution in [2.45, 2.75) is 0 Å². The van der Waals surface area contributed by atoms with Crippen LogP contribution in [0.5, 0.6) is 34.5 Å². The van der Waals surface area contributed by atoms with Crippen LogP contribution >= 0.6 is 0 Å². The molecule has 0 radical (unpaired) electrons. The Hall–Kier alpha value is -8.36. The Morgan fingerprint density at radius 3 is 0.544 bits per heavy atom. The van der Waals surface area contributed by atoms with Crippen molar-refractivity contribution in [3.05, 3.63) is 219 Å². The minimum atomic E-state index is -2.86. The smallest absolute Gasteiger partial charge is 0.576 e. The lowest BCUT2D eigenvalue weighted by Gasteiger charge is -2.18. The van der Waals surface area contributed by atoms with Crippen LogP contribution in [-0.4, -0.2) is 60.2 Å². The van der Waals surface area contributed by atoms with Crippen molar-refractivity contribution >= 4 is 95.7 Å². The van der Waals surface area contributed by atoms with Crippen molar-refractivity contribution in [2.24, 2.45) is 0 Å². The first-order chi connectivity index (χ1) is 33.7. The summed E-state index contributed by atoms with van der Waals surface area (Å²) in [5, 5.41) is 5.87. The molecule has 0 fully saturated rings. The standard InChI is InChI=1S/6C9H7NO.2Al/c6*11-8-5-1-3-7-4-2-6-10-9(7)8;;/h6*1-6,11H;;/q;;;;;;2*+3/p-6. The summed E-state index contributed by atoms with van der Waals surface area (Å²) in [6.07, 6.45) is 10.5. The summed E-state index contributed by atoms with van der Waals surface area (Å²) >= 11 is -5.71. The van der Waals surface area contributed by atoms with Crippen molar-refractivity contribution < 1.29 is 22.7 Å². The average molecular weight is 919 g/mol. The molecule has 6 aromatic carbocycles. The molecule has 0 amide bonds. The van der Waals surface area contributed by atoms with E-state index in [-0.39, 0.29) is 0 Å². The van der Waals surface area contributed by atoms with E-state index in [1.807, 2.05) is 182 Å². The fourth-order valence-electron chi connectivity index (χ4n) is 7.79. The molecule has 0 unspecified atom stereocenters. The highest BCUT2D eigenvalue weighted by atomic mass is 27.3. The van der Waals surface area contributed by atoms with Gasteiger partial charge in [0.25, 0.3) is 0 Å². The number of rotatable bonds is 12. The summed E-state index contributed by atoms with van der Waals surface area (Å²) < 4.78 is 38.5. The van der Waals surface area contributed by atoms with Crippen LogP contribution in [0.15, 0.2) is 219 Å². The predicted molar refractivity (Wildman–Crippen MR) is 266 cm³/mol. The molecule has 0 saturated carbocycles. The van der Waals surface area contributed by atoms with Gasteiger partial charge in [-0.1, -0.05) is 109 Å². The highest BCUT2D eigenvalue weighted by molar-refractivity contribution is 6.41. The molecule has 0 aliphatic heterocycles. The summed E-state index contributed by atoms with van der Waals surface area (Å²) in [4.78, 5) is 27.1. The molecular weight excluding hydrogens is 883 g/mol. The molecule has 0 aliphatic carbocycles. The Bertz CT molecular complexity index is 3080. The van der Waals surface area contributed by atoms with Gasteiger partial charge in [0.05, 0.1) is 0 Å². The molecule has 6 heterocycles. The van der Waals surface area contributed by atoms with E-state index in [1.165, 1.54) is 0 Å². The predicted octanol–water partition coefficient (Wildman–Crippen LogP) is 11.7. The van der Waals surface area contributed by atoms with Crippen LogP contribution in [0.25, 0.3) is 65.4 Å². The van der Waals surface area contributed by atoms with Gasteiger partial charge in [-0.2, -0.15) is 0 Å². The second-order valence-electron chi connectivity index (χ2n) is 15.3. The van der Waals surface area contributed by atoms with Gasteiger partial charge >= 0.3 is 30.3 Å². The number of nitrogens with zero attached hydrogens (tertiary/aromatic N) is 6. The van der Waals surface area contributed by atoms with E-state index >= 15 is 0 Å². The van der Waals surface area contributed by atoms with Gasteiger partial charge in [0.15, 0.2) is 0 Å². The van der Waals surface area contributed by atoms with Gasteiger partial charge in [0.2, 0.25) is 0 Å². The molecule has 0 bridgehead atoms. The van der Waals surface area contributed by atoms with Crippen LogP contribution in [0.3, 0.4) is 0 Å². The second-order valence-corrected chi connectivity index (χ2v) is 17.8. The van der Waals surface area contributed by atoms with E-state index in [2.05, 4.69) is 29.9 Å². The minimum absolute atomic E-state index is 0.608. The van der Waals surface area contributed by atoms with Gasteiger partial charge in [0.1, 0.15) is 67.6 Å². The summed E-state index contributed by atoms with van der Waals surface area (Å²) in [5.74, 6) is 3.65. The topological polar surface area (TPSA) is 133 Å². The van der Waals surface area contributed by atoms with Gasteiger partial charge in [-0.05, 0) is 72.8 Å². The summed E-state index contributed by atoms with van der Waals surface area (Å²) in [6.45, 7) is 0. The van der Waals surface area contributed by atoms with Crippen molar-refractivity contribution in [1.29, 1.82) is 0 Å². The Balaban J connectivity index is 0.000000149. The number of aromatic nitrogens is 6. The summed E-state index contributed by atoms with van der Waals surface area (Å²) in [5.41, 5.74) is 4.51. The average Bonchev–Trinajstić information content (AvgIpc) is 3.39. The zero-order valence-corrected chi connectivity index (χ0v) is 38.4. The molecule has 12 aromatic rings. The fourth-order valence-corrected chi connectivity index (χ4v) is 10.5. The second kappa shape index (κ2) is 19.6. The van der Waals surface area contributed by atoms with Gasteiger partial charge in [-0.25, -0.2) is 0 Å². The number of hydrogen-bond acceptors (Lipinski definition) is 12. The number of benzene rings is 6. The largest absolute Gasteiger partial charge is 1.20 e. The molecule has 6 aromatic heterocycles. The molecule has 0 spiro atoms. The van der Waals surface area contributed by atoms with Gasteiger partial charge in [-0.3, -0.25) is 29.9 Å². The van der Waals surface area contributed by atoms with Crippen molar-refractivity contribution in [2.75, 3.05) is 0 Å². The van der Waals surface area contributed by atoms with Crippen LogP contribution in [0.4, 0.5) is 0 Å².